The summed E-state index contributed by atoms with van der Waals surface area (Å²) in [7, 11) is 2.57. The van der Waals surface area contributed by atoms with E-state index in [1.54, 1.807) is 12.1 Å². The Labute approximate surface area is 120 Å². The first-order chi connectivity index (χ1) is 8.18. The fourth-order valence-corrected chi connectivity index (χ4v) is 3.37. The number of hydrogen-bond donors (Lipinski definition) is 0. The van der Waals surface area contributed by atoms with E-state index < -0.39 is 0 Å². The lowest BCUT2D eigenvalue weighted by Gasteiger charge is -1.98. The predicted molar refractivity (Wildman–Crippen MR) is 74.4 cm³/mol. The molecule has 1 aromatic carbocycles. The Balaban J connectivity index is 2.37. The van der Waals surface area contributed by atoms with Gasteiger partial charge in [-0.1, -0.05) is 53.0 Å². The van der Waals surface area contributed by atoms with Crippen LogP contribution in [0.4, 0.5) is 0 Å². The van der Waals surface area contributed by atoms with E-state index in [9.17, 15) is 0 Å². The van der Waals surface area contributed by atoms with Gasteiger partial charge in [-0.2, -0.15) is 4.37 Å². The number of benzene rings is 1. The largest absolute Gasteiger partial charge is 0.188 e. The van der Waals surface area contributed by atoms with Crippen LogP contribution in [0.3, 0.4) is 0 Å². The highest BCUT2D eigenvalue weighted by molar-refractivity contribution is 7.66. The Morgan fingerprint density at radius 3 is 2.65 bits per heavy atom. The molecule has 2 rings (SSSR count). The van der Waals surface area contributed by atoms with Crippen molar-refractivity contribution >= 4 is 60.9 Å². The van der Waals surface area contributed by atoms with E-state index in [0.29, 0.717) is 20.4 Å². The molecule has 0 bridgehead atoms. The molecule has 1 heterocycles. The highest BCUT2D eigenvalue weighted by Gasteiger charge is 2.04. The van der Waals surface area contributed by atoms with Crippen LogP contribution in [0, 0.1) is 0 Å². The Hall–Kier alpha value is -0.460. The molecule has 0 saturated heterocycles. The van der Waals surface area contributed by atoms with E-state index in [1.165, 1.54) is 20.9 Å². The third kappa shape index (κ3) is 3.26. The maximum atomic E-state index is 6.00. The van der Waals surface area contributed by atoms with Gasteiger partial charge in [-0.3, -0.25) is 0 Å². The van der Waals surface area contributed by atoms with Crippen LogP contribution in [-0.4, -0.2) is 9.54 Å². The molecule has 2 aromatic rings. The molecule has 0 saturated carbocycles. The van der Waals surface area contributed by atoms with Crippen LogP contribution in [0.25, 0.3) is 0 Å². The van der Waals surface area contributed by atoms with Gasteiger partial charge in [0.2, 0.25) is 0 Å². The van der Waals surface area contributed by atoms with Gasteiger partial charge in [0.25, 0.3) is 0 Å². The molecule has 3 nitrogen and oxygen atoms in total. The molecular formula is C9H4Cl3N3S2. The van der Waals surface area contributed by atoms with Crippen molar-refractivity contribution in [1.29, 1.82) is 0 Å². The Morgan fingerprint density at radius 1 is 1.24 bits per heavy atom. The van der Waals surface area contributed by atoms with Crippen molar-refractivity contribution in [3.05, 3.63) is 44.7 Å². The number of aromatic nitrogens is 1. The summed E-state index contributed by atoms with van der Waals surface area (Å²) in [5.74, 6) is 0. The third-order valence-corrected chi connectivity index (χ3v) is 4.50. The average Bonchev–Trinajstić information content (AvgIpc) is 2.72. The number of nitrogens with zero attached hydrogens (tertiary/aromatic N) is 3. The normalized spacial score (nSPS) is 13.1. The van der Waals surface area contributed by atoms with E-state index in [4.69, 9.17) is 34.8 Å². The van der Waals surface area contributed by atoms with Crippen LogP contribution >= 0.6 is 55.7 Å². The van der Waals surface area contributed by atoms with Gasteiger partial charge >= 0.3 is 0 Å². The second-order valence-corrected chi connectivity index (χ2v) is 5.77. The van der Waals surface area contributed by atoms with Gasteiger partial charge in [0.15, 0.2) is 15.0 Å². The molecule has 8 heteroatoms. The van der Waals surface area contributed by atoms with Crippen molar-refractivity contribution < 1.29 is 0 Å². The van der Waals surface area contributed by atoms with Crippen molar-refractivity contribution in [3.63, 3.8) is 0 Å². The standard InChI is InChI=1S/C9H4Cl3N3S2/c10-6-4-2-1-3-5(6)7(11)13-14-9-8(12)15-17-16-9/h1-4H/b13-7-,14-9+. The van der Waals surface area contributed by atoms with E-state index in [2.05, 4.69) is 14.6 Å². The smallest absolute Gasteiger partial charge is 0.167 e. The van der Waals surface area contributed by atoms with Gasteiger partial charge in [0, 0.05) is 16.1 Å². The van der Waals surface area contributed by atoms with Gasteiger partial charge in [0.05, 0.1) is 5.02 Å². The molecule has 0 aliphatic carbocycles. The van der Waals surface area contributed by atoms with Crippen LogP contribution in [-0.2, 0) is 0 Å². The van der Waals surface area contributed by atoms with Crippen molar-refractivity contribution in [2.75, 3.05) is 0 Å². The average molecular weight is 325 g/mol. The molecule has 17 heavy (non-hydrogen) atoms. The fourth-order valence-electron chi connectivity index (χ4n) is 0.990. The lowest BCUT2D eigenvalue weighted by Crippen LogP contribution is -1.96. The van der Waals surface area contributed by atoms with Crippen LogP contribution < -0.4 is 4.67 Å². The molecule has 0 unspecified atom stereocenters. The molecule has 0 amide bonds. The first-order valence-corrected chi connectivity index (χ1v) is 7.56. The predicted octanol–water partition coefficient (Wildman–Crippen LogP) is 4.01. The number of rotatable bonds is 2. The van der Waals surface area contributed by atoms with Gasteiger partial charge in [-0.05, 0) is 16.4 Å². The SMILES string of the molecule is Cl/C(=N\N=c1\ssnc1Cl)c1ccccc1Cl. The van der Waals surface area contributed by atoms with Crippen LogP contribution in [0.15, 0.2) is 34.5 Å². The zero-order valence-electron chi connectivity index (χ0n) is 8.10. The second kappa shape index (κ2) is 5.93. The van der Waals surface area contributed by atoms with Crippen LogP contribution in [0.5, 0.6) is 0 Å². The molecule has 0 aliphatic heterocycles. The van der Waals surface area contributed by atoms with Crippen molar-refractivity contribution in [2.24, 2.45) is 10.2 Å². The summed E-state index contributed by atoms with van der Waals surface area (Å²) >= 11 is 17.7. The highest BCUT2D eigenvalue weighted by atomic mass is 35.5. The van der Waals surface area contributed by atoms with Crippen molar-refractivity contribution in [1.82, 2.24) is 4.37 Å². The second-order valence-electron chi connectivity index (χ2n) is 2.82. The third-order valence-electron chi connectivity index (χ3n) is 1.73. The molecule has 0 aliphatic rings. The van der Waals surface area contributed by atoms with E-state index >= 15 is 0 Å². The number of hydrogen-bond acceptors (Lipinski definition) is 5. The zero-order valence-corrected chi connectivity index (χ0v) is 12.0. The topological polar surface area (TPSA) is 37.6 Å². The molecule has 0 N–H and O–H groups in total. The summed E-state index contributed by atoms with van der Waals surface area (Å²) in [6.07, 6.45) is 0. The summed E-state index contributed by atoms with van der Waals surface area (Å²) in [4.78, 5) is 0. The van der Waals surface area contributed by atoms with E-state index in [-0.39, 0.29) is 5.17 Å². The summed E-state index contributed by atoms with van der Waals surface area (Å²) in [6, 6.07) is 7.13. The van der Waals surface area contributed by atoms with Crippen LogP contribution in [0.2, 0.25) is 10.2 Å². The van der Waals surface area contributed by atoms with Crippen molar-refractivity contribution in [3.8, 4) is 0 Å². The molecule has 88 valence electrons. The summed E-state index contributed by atoms with van der Waals surface area (Å²) in [5.41, 5.74) is 0.629. The molecule has 0 radical (unpaired) electrons. The summed E-state index contributed by atoms with van der Waals surface area (Å²) < 4.78 is 4.41. The fraction of sp³-hybridized carbons (Fsp3) is 0. The Kier molecular flexibility index (Phi) is 4.53. The minimum absolute atomic E-state index is 0.213. The summed E-state index contributed by atoms with van der Waals surface area (Å²) in [6.45, 7) is 0. The van der Waals surface area contributed by atoms with Crippen LogP contribution in [0.1, 0.15) is 5.56 Å². The minimum atomic E-state index is 0.213. The monoisotopic (exact) mass is 323 g/mol. The van der Waals surface area contributed by atoms with E-state index in [0.717, 1.165) is 0 Å². The molecule has 0 atom stereocenters. The van der Waals surface area contributed by atoms with Gasteiger partial charge in [-0.15, -0.1) is 10.2 Å². The first-order valence-electron chi connectivity index (χ1n) is 4.32. The lowest BCUT2D eigenvalue weighted by atomic mass is 10.2. The maximum Gasteiger partial charge on any atom is 0.188 e. The molecule has 0 spiro atoms. The lowest BCUT2D eigenvalue weighted by molar-refractivity contribution is 1.16. The van der Waals surface area contributed by atoms with Gasteiger partial charge in [-0.25, -0.2) is 0 Å². The van der Waals surface area contributed by atoms with E-state index in [1.807, 2.05) is 12.1 Å². The Morgan fingerprint density at radius 2 is 2.00 bits per heavy atom. The molecule has 0 fully saturated rings. The maximum absolute atomic E-state index is 6.00. The molecular weight excluding hydrogens is 321 g/mol. The first kappa shape index (κ1) is 13.0. The van der Waals surface area contributed by atoms with Crippen molar-refractivity contribution in [2.45, 2.75) is 0 Å². The minimum Gasteiger partial charge on any atom is -0.167 e. The number of halogens is 3. The van der Waals surface area contributed by atoms with Gasteiger partial charge < -0.3 is 0 Å². The molecule has 1 aromatic heterocycles. The van der Waals surface area contributed by atoms with Gasteiger partial charge in [0.1, 0.15) is 0 Å². The summed E-state index contributed by atoms with van der Waals surface area (Å²) in [5, 5.41) is 8.85. The highest BCUT2D eigenvalue weighted by Crippen LogP contribution is 2.17. The quantitative estimate of drug-likeness (QED) is 0.467. The Bertz CT molecular complexity index is 618. The zero-order chi connectivity index (χ0) is 12.3.